The molecule has 1 aliphatic rings. The van der Waals surface area contributed by atoms with Gasteiger partial charge in [0.15, 0.2) is 0 Å². The molecule has 0 radical (unpaired) electrons. The smallest absolute Gasteiger partial charge is 0.139 e. The average Bonchev–Trinajstić information content (AvgIpc) is 2.87. The summed E-state index contributed by atoms with van der Waals surface area (Å²) in [5, 5.41) is 1.19. The first-order chi connectivity index (χ1) is 9.31. The van der Waals surface area contributed by atoms with Gasteiger partial charge < -0.3 is 10.6 Å². The Bertz CT molecular complexity index is 517. The molecule has 4 nitrogen and oxygen atoms in total. The van der Waals surface area contributed by atoms with Gasteiger partial charge in [-0.1, -0.05) is 30.3 Å². The van der Waals surface area contributed by atoms with E-state index in [4.69, 9.17) is 5.73 Å². The van der Waals surface area contributed by atoms with Crippen LogP contribution in [0.5, 0.6) is 0 Å². The number of nitrogens with two attached hydrogens (primary N) is 1. The van der Waals surface area contributed by atoms with Crippen molar-refractivity contribution < 1.29 is 0 Å². The second kappa shape index (κ2) is 5.59. The molecule has 1 aromatic carbocycles. The summed E-state index contributed by atoms with van der Waals surface area (Å²) in [5.74, 6) is 0.631. The Hall–Kier alpha value is -1.59. The van der Waals surface area contributed by atoms with E-state index in [1.165, 1.54) is 22.1 Å². The maximum Gasteiger partial charge on any atom is 0.139 e. The van der Waals surface area contributed by atoms with Crippen molar-refractivity contribution in [1.29, 1.82) is 0 Å². The molecular weight excluding hydrogens is 256 g/mol. The van der Waals surface area contributed by atoms with Crippen LogP contribution in [0.4, 0.5) is 10.8 Å². The number of rotatable bonds is 3. The van der Waals surface area contributed by atoms with Crippen LogP contribution in [0.3, 0.4) is 0 Å². The molecule has 0 bridgehead atoms. The predicted octanol–water partition coefficient (Wildman–Crippen LogP) is 2.05. The maximum atomic E-state index is 5.68. The highest BCUT2D eigenvalue weighted by Gasteiger charge is 2.18. The van der Waals surface area contributed by atoms with Gasteiger partial charge in [0, 0.05) is 38.8 Å². The molecule has 0 spiro atoms. The second-order valence-corrected chi connectivity index (χ2v) is 5.62. The third-order valence-corrected chi connectivity index (χ3v) is 4.31. The van der Waals surface area contributed by atoms with Crippen molar-refractivity contribution >= 4 is 22.4 Å². The van der Waals surface area contributed by atoms with Gasteiger partial charge in [0.05, 0.1) is 0 Å². The molecular formula is C14H18N4S. The Kier molecular flexibility index (Phi) is 3.66. The lowest BCUT2D eigenvalue weighted by Crippen LogP contribution is -2.45. The van der Waals surface area contributed by atoms with E-state index < -0.39 is 0 Å². The summed E-state index contributed by atoms with van der Waals surface area (Å²) in [4.78, 5) is 4.87. The summed E-state index contributed by atoms with van der Waals surface area (Å²) < 4.78 is 4.14. The minimum atomic E-state index is 0.631. The van der Waals surface area contributed by atoms with Crippen LogP contribution in [-0.2, 0) is 6.54 Å². The largest absolute Gasteiger partial charge is 0.383 e. The van der Waals surface area contributed by atoms with Crippen molar-refractivity contribution in [1.82, 2.24) is 9.27 Å². The van der Waals surface area contributed by atoms with Crippen molar-refractivity contribution in [2.75, 3.05) is 36.8 Å². The number of hydrogen-bond acceptors (Lipinski definition) is 5. The fourth-order valence-corrected chi connectivity index (χ4v) is 3.12. The van der Waals surface area contributed by atoms with Crippen LogP contribution in [0.1, 0.15) is 5.56 Å². The van der Waals surface area contributed by atoms with Gasteiger partial charge in [-0.25, -0.2) is 0 Å². The Morgan fingerprint density at radius 1 is 1.11 bits per heavy atom. The van der Waals surface area contributed by atoms with E-state index in [0.717, 1.165) is 32.7 Å². The first kappa shape index (κ1) is 12.4. The van der Waals surface area contributed by atoms with Gasteiger partial charge in [0.25, 0.3) is 0 Å². The highest BCUT2D eigenvalue weighted by molar-refractivity contribution is 7.10. The monoisotopic (exact) mass is 274 g/mol. The number of nitrogen functional groups attached to an aromatic ring is 1. The fraction of sp³-hybridized carbons (Fsp3) is 0.357. The van der Waals surface area contributed by atoms with E-state index in [2.05, 4.69) is 44.5 Å². The molecule has 0 atom stereocenters. The summed E-state index contributed by atoms with van der Waals surface area (Å²) >= 11 is 1.49. The minimum Gasteiger partial charge on any atom is -0.383 e. The summed E-state index contributed by atoms with van der Waals surface area (Å²) in [6.45, 7) is 5.32. The van der Waals surface area contributed by atoms with Crippen LogP contribution in [0.25, 0.3) is 0 Å². The zero-order valence-electron chi connectivity index (χ0n) is 10.8. The molecule has 19 heavy (non-hydrogen) atoms. The van der Waals surface area contributed by atoms with Crippen LogP contribution in [-0.4, -0.2) is 35.5 Å². The lowest BCUT2D eigenvalue weighted by Gasteiger charge is -2.35. The number of anilines is 2. The lowest BCUT2D eigenvalue weighted by molar-refractivity contribution is 0.250. The van der Waals surface area contributed by atoms with Crippen LogP contribution in [0.15, 0.2) is 36.4 Å². The molecule has 2 aromatic rings. The first-order valence-corrected chi connectivity index (χ1v) is 7.32. The summed E-state index contributed by atoms with van der Waals surface area (Å²) in [6, 6.07) is 12.6. The van der Waals surface area contributed by atoms with Gasteiger partial charge >= 0.3 is 0 Å². The Balaban J connectivity index is 1.55. The molecule has 3 rings (SSSR count). The molecule has 1 fully saturated rings. The zero-order valence-corrected chi connectivity index (χ0v) is 11.6. The topological polar surface area (TPSA) is 45.4 Å². The van der Waals surface area contributed by atoms with Crippen molar-refractivity contribution in [3.05, 3.63) is 42.0 Å². The second-order valence-electron chi connectivity index (χ2n) is 4.84. The van der Waals surface area contributed by atoms with Gasteiger partial charge in [0.2, 0.25) is 0 Å². The van der Waals surface area contributed by atoms with Crippen LogP contribution >= 0.6 is 11.5 Å². The predicted molar refractivity (Wildman–Crippen MR) is 80.5 cm³/mol. The Morgan fingerprint density at radius 3 is 2.47 bits per heavy atom. The van der Waals surface area contributed by atoms with Gasteiger partial charge in [-0.05, 0) is 17.1 Å². The highest BCUT2D eigenvalue weighted by atomic mass is 32.1. The van der Waals surface area contributed by atoms with E-state index in [1.807, 2.05) is 6.07 Å². The molecule has 2 N–H and O–H groups in total. The minimum absolute atomic E-state index is 0.631. The van der Waals surface area contributed by atoms with E-state index in [-0.39, 0.29) is 0 Å². The summed E-state index contributed by atoms with van der Waals surface area (Å²) in [6.07, 6.45) is 0. The molecule has 100 valence electrons. The molecule has 2 heterocycles. The van der Waals surface area contributed by atoms with Crippen LogP contribution < -0.4 is 10.6 Å². The molecule has 0 saturated carbocycles. The summed E-state index contributed by atoms with van der Waals surface area (Å²) in [7, 11) is 0. The zero-order chi connectivity index (χ0) is 13.1. The van der Waals surface area contributed by atoms with Crippen LogP contribution in [0, 0.1) is 0 Å². The molecule has 1 saturated heterocycles. The Labute approximate surface area is 117 Å². The average molecular weight is 274 g/mol. The van der Waals surface area contributed by atoms with Gasteiger partial charge in [0.1, 0.15) is 10.8 Å². The quantitative estimate of drug-likeness (QED) is 0.930. The van der Waals surface area contributed by atoms with E-state index in [1.54, 1.807) is 0 Å². The van der Waals surface area contributed by atoms with Gasteiger partial charge in [-0.15, -0.1) is 0 Å². The van der Waals surface area contributed by atoms with E-state index >= 15 is 0 Å². The van der Waals surface area contributed by atoms with E-state index in [0.29, 0.717) is 5.82 Å². The maximum absolute atomic E-state index is 5.68. The van der Waals surface area contributed by atoms with Crippen molar-refractivity contribution in [3.8, 4) is 0 Å². The normalized spacial score (nSPS) is 16.7. The van der Waals surface area contributed by atoms with E-state index in [9.17, 15) is 0 Å². The molecule has 1 aromatic heterocycles. The first-order valence-electron chi connectivity index (χ1n) is 6.55. The molecule has 1 aliphatic heterocycles. The molecule has 0 aliphatic carbocycles. The third-order valence-electron chi connectivity index (χ3n) is 3.45. The lowest BCUT2D eigenvalue weighted by atomic mass is 10.2. The Morgan fingerprint density at radius 2 is 1.84 bits per heavy atom. The number of aromatic nitrogens is 1. The number of piperazine rings is 1. The van der Waals surface area contributed by atoms with Gasteiger partial charge in [-0.2, -0.15) is 4.37 Å². The van der Waals surface area contributed by atoms with Crippen molar-refractivity contribution in [3.63, 3.8) is 0 Å². The standard InChI is InChI=1S/C14H18N4S/c15-13-10-14(19-16-13)18-8-6-17(7-9-18)11-12-4-2-1-3-5-12/h1-5,10H,6-9,11H2,(H2,15,16). The molecule has 0 amide bonds. The van der Waals surface area contributed by atoms with Crippen molar-refractivity contribution in [2.24, 2.45) is 0 Å². The number of benzene rings is 1. The number of hydrogen-bond donors (Lipinski definition) is 1. The fourth-order valence-electron chi connectivity index (χ4n) is 2.40. The van der Waals surface area contributed by atoms with Crippen LogP contribution in [0.2, 0.25) is 0 Å². The summed E-state index contributed by atoms with van der Waals surface area (Å²) in [5.41, 5.74) is 7.06. The SMILES string of the molecule is Nc1cc(N2CCN(Cc3ccccc3)CC2)sn1. The van der Waals surface area contributed by atoms with Crippen molar-refractivity contribution in [2.45, 2.75) is 6.54 Å². The third kappa shape index (κ3) is 3.05. The number of nitrogens with zero attached hydrogens (tertiary/aromatic N) is 3. The highest BCUT2D eigenvalue weighted by Crippen LogP contribution is 2.24. The molecule has 0 unspecified atom stereocenters. The van der Waals surface area contributed by atoms with Gasteiger partial charge in [-0.3, -0.25) is 4.90 Å². The molecule has 5 heteroatoms.